The third-order valence-electron chi connectivity index (χ3n) is 3.25. The number of thioether (sulfide) groups is 1. The van der Waals surface area contributed by atoms with Crippen LogP contribution in [0, 0.1) is 0 Å². The van der Waals surface area contributed by atoms with Crippen LogP contribution in [0.4, 0.5) is 4.79 Å². The van der Waals surface area contributed by atoms with Gasteiger partial charge in [-0.3, -0.25) is 4.90 Å². The number of hydrogen-bond acceptors (Lipinski definition) is 4. The van der Waals surface area contributed by atoms with Crippen LogP contribution in [-0.2, 0) is 15.1 Å². The van der Waals surface area contributed by atoms with Gasteiger partial charge >= 0.3 is 6.09 Å². The van der Waals surface area contributed by atoms with E-state index in [2.05, 4.69) is 0 Å². The molecule has 0 spiro atoms. The van der Waals surface area contributed by atoms with Gasteiger partial charge in [0.15, 0.2) is 0 Å². The van der Waals surface area contributed by atoms with Crippen molar-refractivity contribution in [1.29, 1.82) is 0 Å². The topological polar surface area (TPSA) is 46.6 Å². The first kappa shape index (κ1) is 17.6. The van der Waals surface area contributed by atoms with E-state index in [1.807, 2.05) is 30.5 Å². The second-order valence-electron chi connectivity index (χ2n) is 6.04. The molecule has 1 rings (SSSR count). The average Bonchev–Trinajstić information content (AvgIpc) is 2.43. The lowest BCUT2D eigenvalue weighted by molar-refractivity contribution is -0.117. The highest BCUT2D eigenvalue weighted by Gasteiger charge is 2.36. The lowest BCUT2D eigenvalue weighted by atomic mass is 9.92. The summed E-state index contributed by atoms with van der Waals surface area (Å²) < 4.78 is 5.35. The molecule has 4 nitrogen and oxygen atoms in total. The van der Waals surface area contributed by atoms with Gasteiger partial charge in [0.2, 0.25) is 0 Å². The molecule has 0 aliphatic heterocycles. The molecular formula is C16H23NO3S. The minimum atomic E-state index is -1.06. The van der Waals surface area contributed by atoms with Gasteiger partial charge in [-0.1, -0.05) is 12.1 Å². The van der Waals surface area contributed by atoms with Gasteiger partial charge in [-0.15, -0.1) is 11.8 Å². The Morgan fingerprint density at radius 1 is 1.29 bits per heavy atom. The summed E-state index contributed by atoms with van der Waals surface area (Å²) in [7, 11) is 1.58. The van der Waals surface area contributed by atoms with Crippen LogP contribution >= 0.6 is 11.8 Å². The van der Waals surface area contributed by atoms with Crippen molar-refractivity contribution in [3.63, 3.8) is 0 Å². The average molecular weight is 309 g/mol. The minimum absolute atomic E-state index is 0.522. The SMILES string of the molecule is CSc1cccc(C(C)(C=O)N(C)C(=O)OC(C)(C)C)c1. The lowest BCUT2D eigenvalue weighted by Crippen LogP contribution is -2.48. The normalized spacial score (nSPS) is 14.2. The number of ether oxygens (including phenoxy) is 1. The monoisotopic (exact) mass is 309 g/mol. The van der Waals surface area contributed by atoms with E-state index in [9.17, 15) is 9.59 Å². The number of carbonyl (C=O) groups is 2. The Morgan fingerprint density at radius 3 is 2.38 bits per heavy atom. The first-order valence-corrected chi connectivity index (χ1v) is 7.94. The summed E-state index contributed by atoms with van der Waals surface area (Å²) in [5.41, 5.74) is -0.901. The number of amides is 1. The predicted molar refractivity (Wildman–Crippen MR) is 85.6 cm³/mol. The van der Waals surface area contributed by atoms with Crippen LogP contribution < -0.4 is 0 Å². The standard InChI is InChI=1S/C16H23NO3S/c1-15(2,3)20-14(19)17(5)16(4,11-18)12-8-7-9-13(10-12)21-6/h7-11H,1-6H3. The second-order valence-corrected chi connectivity index (χ2v) is 6.92. The van der Waals surface area contributed by atoms with E-state index >= 15 is 0 Å². The van der Waals surface area contributed by atoms with Crippen LogP contribution in [0.1, 0.15) is 33.3 Å². The highest BCUT2D eigenvalue weighted by Crippen LogP contribution is 2.29. The largest absolute Gasteiger partial charge is 0.444 e. The van der Waals surface area contributed by atoms with Crippen LogP contribution in [0.3, 0.4) is 0 Å². The van der Waals surface area contributed by atoms with Gasteiger partial charge in [-0.2, -0.15) is 0 Å². The maximum absolute atomic E-state index is 12.2. The highest BCUT2D eigenvalue weighted by molar-refractivity contribution is 7.98. The molecule has 1 aromatic rings. The molecular weight excluding hydrogens is 286 g/mol. The Balaban J connectivity index is 3.13. The summed E-state index contributed by atoms with van der Waals surface area (Å²) in [5.74, 6) is 0. The fraction of sp³-hybridized carbons (Fsp3) is 0.500. The molecule has 0 N–H and O–H groups in total. The number of nitrogens with zero attached hydrogens (tertiary/aromatic N) is 1. The molecule has 0 aromatic heterocycles. The molecule has 0 aliphatic rings. The van der Waals surface area contributed by atoms with Crippen molar-refractivity contribution in [2.24, 2.45) is 0 Å². The van der Waals surface area contributed by atoms with Gasteiger partial charge in [-0.25, -0.2) is 4.79 Å². The fourth-order valence-electron chi connectivity index (χ4n) is 1.80. The Morgan fingerprint density at radius 2 is 1.90 bits per heavy atom. The number of aldehydes is 1. The second kappa shape index (κ2) is 6.52. The van der Waals surface area contributed by atoms with Gasteiger partial charge in [0.1, 0.15) is 17.4 Å². The summed E-state index contributed by atoms with van der Waals surface area (Å²) in [6, 6.07) is 7.60. The van der Waals surface area contributed by atoms with E-state index in [1.165, 1.54) is 4.90 Å². The van der Waals surface area contributed by atoms with Crippen molar-refractivity contribution < 1.29 is 14.3 Å². The van der Waals surface area contributed by atoms with Crippen molar-refractivity contribution in [2.45, 2.75) is 43.7 Å². The van der Waals surface area contributed by atoms with E-state index < -0.39 is 17.2 Å². The van der Waals surface area contributed by atoms with Crippen LogP contribution in [0.2, 0.25) is 0 Å². The van der Waals surface area contributed by atoms with Gasteiger partial charge in [0, 0.05) is 11.9 Å². The third-order valence-corrected chi connectivity index (χ3v) is 3.97. The summed E-state index contributed by atoms with van der Waals surface area (Å²) in [4.78, 5) is 26.3. The number of carbonyl (C=O) groups excluding carboxylic acids is 2. The summed E-state index contributed by atoms with van der Waals surface area (Å²) in [5, 5.41) is 0. The number of benzene rings is 1. The van der Waals surface area contributed by atoms with Gasteiger partial charge in [0.05, 0.1) is 0 Å². The van der Waals surface area contributed by atoms with E-state index in [0.717, 1.165) is 16.7 Å². The summed E-state index contributed by atoms with van der Waals surface area (Å²) in [6.45, 7) is 7.10. The summed E-state index contributed by atoms with van der Waals surface area (Å²) in [6.07, 6.45) is 2.22. The maximum Gasteiger partial charge on any atom is 0.411 e. The fourth-order valence-corrected chi connectivity index (χ4v) is 2.26. The molecule has 0 aliphatic carbocycles. The Labute approximate surface area is 130 Å². The molecule has 5 heteroatoms. The van der Waals surface area contributed by atoms with Gasteiger partial charge in [0.25, 0.3) is 0 Å². The van der Waals surface area contributed by atoms with Crippen molar-refractivity contribution in [1.82, 2.24) is 4.90 Å². The maximum atomic E-state index is 12.2. The lowest BCUT2D eigenvalue weighted by Gasteiger charge is -2.35. The van der Waals surface area contributed by atoms with E-state index in [-0.39, 0.29) is 0 Å². The number of rotatable bonds is 4. The number of hydrogen-bond donors (Lipinski definition) is 0. The molecule has 0 fully saturated rings. The van der Waals surface area contributed by atoms with Gasteiger partial charge in [-0.05, 0) is 51.6 Å². The zero-order valence-corrected chi connectivity index (χ0v) is 14.3. The third kappa shape index (κ3) is 4.24. The van der Waals surface area contributed by atoms with Crippen LogP contribution in [0.5, 0.6) is 0 Å². The summed E-state index contributed by atoms with van der Waals surface area (Å²) >= 11 is 1.59. The van der Waals surface area contributed by atoms with Crippen LogP contribution in [-0.4, -0.2) is 36.2 Å². The van der Waals surface area contributed by atoms with E-state index in [0.29, 0.717) is 0 Å². The van der Waals surface area contributed by atoms with E-state index in [4.69, 9.17) is 4.74 Å². The molecule has 0 heterocycles. The number of likely N-dealkylation sites (N-methyl/N-ethyl adjacent to an activating group) is 1. The predicted octanol–water partition coefficient (Wildman–Crippen LogP) is 3.69. The molecule has 1 amide bonds. The van der Waals surface area contributed by atoms with Gasteiger partial charge < -0.3 is 9.53 Å². The van der Waals surface area contributed by atoms with Crippen molar-refractivity contribution in [3.8, 4) is 0 Å². The molecule has 0 saturated carbocycles. The smallest absolute Gasteiger partial charge is 0.411 e. The van der Waals surface area contributed by atoms with Crippen LogP contribution in [0.25, 0.3) is 0 Å². The molecule has 0 radical (unpaired) electrons. The van der Waals surface area contributed by atoms with Crippen molar-refractivity contribution in [2.75, 3.05) is 13.3 Å². The van der Waals surface area contributed by atoms with Crippen molar-refractivity contribution >= 4 is 24.1 Å². The highest BCUT2D eigenvalue weighted by atomic mass is 32.2. The molecule has 1 atom stereocenters. The molecule has 21 heavy (non-hydrogen) atoms. The Kier molecular flexibility index (Phi) is 5.45. The minimum Gasteiger partial charge on any atom is -0.444 e. The molecule has 116 valence electrons. The first-order chi connectivity index (χ1) is 9.64. The quantitative estimate of drug-likeness (QED) is 0.628. The first-order valence-electron chi connectivity index (χ1n) is 6.71. The molecule has 0 saturated heterocycles. The zero-order valence-electron chi connectivity index (χ0n) is 13.5. The molecule has 1 aromatic carbocycles. The molecule has 0 bridgehead atoms. The Bertz CT molecular complexity index is 524. The Hall–Kier alpha value is -1.49. The zero-order chi connectivity index (χ0) is 16.3. The van der Waals surface area contributed by atoms with Crippen LogP contribution in [0.15, 0.2) is 29.2 Å². The molecule has 1 unspecified atom stereocenters. The van der Waals surface area contributed by atoms with Crippen molar-refractivity contribution in [3.05, 3.63) is 29.8 Å². The van der Waals surface area contributed by atoms with E-state index in [1.54, 1.807) is 46.5 Å².